The van der Waals surface area contributed by atoms with E-state index in [9.17, 15) is 14.7 Å². The van der Waals surface area contributed by atoms with Crippen molar-refractivity contribution in [2.24, 2.45) is 0 Å². The zero-order valence-electron chi connectivity index (χ0n) is 14.3. The summed E-state index contributed by atoms with van der Waals surface area (Å²) >= 11 is 0. The molecule has 0 aliphatic carbocycles. The van der Waals surface area contributed by atoms with Gasteiger partial charge in [-0.25, -0.2) is 4.79 Å². The third kappa shape index (κ3) is 14.2. The Balaban J connectivity index is 3.59. The number of rotatable bonds is 15. The van der Waals surface area contributed by atoms with Crippen LogP contribution in [0.5, 0.6) is 0 Å². The molecule has 0 aromatic rings. The highest BCUT2D eigenvalue weighted by Gasteiger charge is 2.21. The molecule has 1 unspecified atom stereocenters. The van der Waals surface area contributed by atoms with E-state index >= 15 is 0 Å². The van der Waals surface area contributed by atoms with Crippen LogP contribution in [0.25, 0.3) is 0 Å². The van der Waals surface area contributed by atoms with Crippen LogP contribution in [0.2, 0.25) is 0 Å². The number of aliphatic hydroxyl groups is 1. The van der Waals surface area contributed by atoms with Crippen LogP contribution in [-0.2, 0) is 28.5 Å². The van der Waals surface area contributed by atoms with Crippen molar-refractivity contribution in [1.82, 2.24) is 0 Å². The van der Waals surface area contributed by atoms with Gasteiger partial charge in [0.25, 0.3) is 0 Å². The Hall–Kier alpha value is -1.18. The second-order valence-corrected chi connectivity index (χ2v) is 4.92. The zero-order chi connectivity index (χ0) is 17.3. The van der Waals surface area contributed by atoms with Gasteiger partial charge in [0.1, 0.15) is 0 Å². The fourth-order valence-corrected chi connectivity index (χ4v) is 1.66. The van der Waals surface area contributed by atoms with Crippen LogP contribution in [0.4, 0.5) is 0 Å². The molecule has 0 rings (SSSR count). The van der Waals surface area contributed by atoms with Crippen molar-refractivity contribution in [2.45, 2.75) is 52.1 Å². The first-order valence-corrected chi connectivity index (χ1v) is 8.27. The summed E-state index contributed by atoms with van der Waals surface area (Å²) < 4.78 is 20.1. The Labute approximate surface area is 138 Å². The summed E-state index contributed by atoms with van der Waals surface area (Å²) in [7, 11) is 0. The van der Waals surface area contributed by atoms with Gasteiger partial charge in [-0.15, -0.1) is 0 Å². The molecule has 7 nitrogen and oxygen atoms in total. The molecule has 0 saturated heterocycles. The van der Waals surface area contributed by atoms with Gasteiger partial charge in [0.05, 0.1) is 19.6 Å². The number of hydrogen-bond donors (Lipinski definition) is 1. The Morgan fingerprint density at radius 3 is 1.83 bits per heavy atom. The lowest BCUT2D eigenvalue weighted by Crippen LogP contribution is -2.27. The van der Waals surface area contributed by atoms with Gasteiger partial charge in [-0.2, -0.15) is 0 Å². The number of aliphatic hydroxyl groups excluding tert-OH is 1. The van der Waals surface area contributed by atoms with Crippen molar-refractivity contribution in [2.75, 3.05) is 39.6 Å². The smallest absolute Gasteiger partial charge is 0.335 e. The van der Waals surface area contributed by atoms with E-state index in [1.54, 1.807) is 0 Å². The molecule has 23 heavy (non-hydrogen) atoms. The molecule has 0 radical (unpaired) electrons. The molecule has 0 aromatic carbocycles. The largest absolute Gasteiger partial charge is 0.466 e. The van der Waals surface area contributed by atoms with Crippen molar-refractivity contribution in [3.8, 4) is 0 Å². The summed E-state index contributed by atoms with van der Waals surface area (Å²) in [5, 5.41) is 9.58. The van der Waals surface area contributed by atoms with Gasteiger partial charge >= 0.3 is 11.9 Å². The monoisotopic (exact) mass is 334 g/mol. The van der Waals surface area contributed by atoms with E-state index in [-0.39, 0.29) is 19.6 Å². The van der Waals surface area contributed by atoms with Gasteiger partial charge in [-0.1, -0.05) is 0 Å². The van der Waals surface area contributed by atoms with Gasteiger partial charge in [0.15, 0.2) is 6.10 Å². The lowest BCUT2D eigenvalue weighted by molar-refractivity contribution is -0.160. The van der Waals surface area contributed by atoms with Crippen LogP contribution < -0.4 is 0 Å². The minimum Gasteiger partial charge on any atom is -0.466 e. The Kier molecular flexibility index (Phi) is 14.9. The van der Waals surface area contributed by atoms with Crippen molar-refractivity contribution in [3.63, 3.8) is 0 Å². The number of carbonyl (C=O) groups excluding carboxylic acids is 2. The second-order valence-electron chi connectivity index (χ2n) is 4.92. The SMILES string of the molecule is CCOCCCCOC(=O)CC(O)C(=O)OCCCCOCC. The number of hydrogen-bond acceptors (Lipinski definition) is 7. The van der Waals surface area contributed by atoms with E-state index in [2.05, 4.69) is 0 Å². The summed E-state index contributed by atoms with van der Waals surface area (Å²) in [6, 6.07) is 0. The van der Waals surface area contributed by atoms with E-state index in [0.29, 0.717) is 39.3 Å². The van der Waals surface area contributed by atoms with Crippen LogP contribution in [0.1, 0.15) is 46.0 Å². The molecule has 136 valence electrons. The van der Waals surface area contributed by atoms with E-state index in [1.807, 2.05) is 13.8 Å². The van der Waals surface area contributed by atoms with Crippen molar-refractivity contribution >= 4 is 11.9 Å². The standard InChI is InChI=1S/C16H30O7/c1-3-20-9-5-7-11-22-15(18)13-14(17)16(19)23-12-8-6-10-21-4-2/h14,17H,3-13H2,1-2H3. The van der Waals surface area contributed by atoms with Gasteiger partial charge in [0, 0.05) is 26.4 Å². The van der Waals surface area contributed by atoms with Gasteiger partial charge < -0.3 is 24.1 Å². The molecule has 0 bridgehead atoms. The van der Waals surface area contributed by atoms with Crippen LogP contribution in [0, 0.1) is 0 Å². The third-order valence-electron chi connectivity index (χ3n) is 2.91. The number of unbranched alkanes of at least 4 members (excludes halogenated alkanes) is 2. The summed E-state index contributed by atoms with van der Waals surface area (Å²) in [5.74, 6) is -1.41. The molecular formula is C16H30O7. The topological polar surface area (TPSA) is 91.3 Å². The molecule has 0 fully saturated rings. The highest BCUT2D eigenvalue weighted by molar-refractivity contribution is 5.81. The van der Waals surface area contributed by atoms with E-state index in [1.165, 1.54) is 0 Å². The Bertz CT molecular complexity index is 307. The van der Waals surface area contributed by atoms with Gasteiger partial charge in [0.2, 0.25) is 0 Å². The van der Waals surface area contributed by atoms with Crippen LogP contribution in [0.15, 0.2) is 0 Å². The van der Waals surface area contributed by atoms with Gasteiger partial charge in [-0.3, -0.25) is 4.79 Å². The summed E-state index contributed by atoms with van der Waals surface area (Å²) in [6.45, 7) is 6.86. The minimum atomic E-state index is -1.47. The van der Waals surface area contributed by atoms with Crippen molar-refractivity contribution in [1.29, 1.82) is 0 Å². The first kappa shape index (κ1) is 21.8. The summed E-state index contributed by atoms with van der Waals surface area (Å²) in [6.07, 6.45) is 1.06. The fraction of sp³-hybridized carbons (Fsp3) is 0.875. The maximum Gasteiger partial charge on any atom is 0.335 e. The number of ether oxygens (including phenoxy) is 4. The second kappa shape index (κ2) is 15.7. The average molecular weight is 334 g/mol. The molecule has 1 atom stereocenters. The van der Waals surface area contributed by atoms with Crippen LogP contribution in [-0.4, -0.2) is 62.8 Å². The maximum absolute atomic E-state index is 11.5. The highest BCUT2D eigenvalue weighted by atomic mass is 16.6. The van der Waals surface area contributed by atoms with E-state index in [0.717, 1.165) is 12.8 Å². The predicted molar refractivity (Wildman–Crippen MR) is 84.0 cm³/mol. The Morgan fingerprint density at radius 1 is 0.826 bits per heavy atom. The van der Waals surface area contributed by atoms with Crippen LogP contribution >= 0.6 is 0 Å². The first-order valence-electron chi connectivity index (χ1n) is 8.27. The number of esters is 2. The average Bonchev–Trinajstić information content (AvgIpc) is 2.53. The first-order chi connectivity index (χ1) is 11.1. The lowest BCUT2D eigenvalue weighted by atomic mass is 10.2. The molecule has 0 heterocycles. The van der Waals surface area contributed by atoms with Crippen molar-refractivity contribution < 1.29 is 33.6 Å². The third-order valence-corrected chi connectivity index (χ3v) is 2.91. The molecule has 1 N–H and O–H groups in total. The number of carbonyl (C=O) groups is 2. The van der Waals surface area contributed by atoms with Crippen molar-refractivity contribution in [3.05, 3.63) is 0 Å². The van der Waals surface area contributed by atoms with Gasteiger partial charge in [-0.05, 0) is 39.5 Å². The normalized spacial score (nSPS) is 12.0. The molecule has 0 saturated carbocycles. The van der Waals surface area contributed by atoms with E-state index < -0.39 is 18.0 Å². The molecule has 0 aliphatic rings. The molecular weight excluding hydrogens is 304 g/mol. The molecule has 7 heteroatoms. The minimum absolute atomic E-state index is 0.204. The molecule has 0 aromatic heterocycles. The molecule has 0 amide bonds. The fourth-order valence-electron chi connectivity index (χ4n) is 1.66. The van der Waals surface area contributed by atoms with E-state index in [4.69, 9.17) is 18.9 Å². The lowest BCUT2D eigenvalue weighted by Gasteiger charge is -2.10. The quantitative estimate of drug-likeness (QED) is 0.358. The van der Waals surface area contributed by atoms with Crippen LogP contribution in [0.3, 0.4) is 0 Å². The predicted octanol–water partition coefficient (Wildman–Crippen LogP) is 1.46. The maximum atomic E-state index is 11.5. The molecule has 0 spiro atoms. The Morgan fingerprint density at radius 2 is 1.30 bits per heavy atom. The zero-order valence-corrected chi connectivity index (χ0v) is 14.3. The highest BCUT2D eigenvalue weighted by Crippen LogP contribution is 2.01. The molecule has 0 aliphatic heterocycles. The summed E-state index contributed by atoms with van der Waals surface area (Å²) in [5.41, 5.74) is 0. The summed E-state index contributed by atoms with van der Waals surface area (Å²) in [4.78, 5) is 22.9.